The van der Waals surface area contributed by atoms with E-state index in [2.05, 4.69) is 23.3 Å². The summed E-state index contributed by atoms with van der Waals surface area (Å²) < 4.78 is 5.47. The van der Waals surface area contributed by atoms with E-state index in [0.717, 1.165) is 39.6 Å². The van der Waals surface area contributed by atoms with Crippen molar-refractivity contribution in [3.63, 3.8) is 0 Å². The molecule has 0 aliphatic rings. The molecule has 4 heteroatoms. The van der Waals surface area contributed by atoms with Crippen molar-refractivity contribution in [1.82, 2.24) is 10.3 Å². The minimum absolute atomic E-state index is 0.169. The molecule has 21 heavy (non-hydrogen) atoms. The summed E-state index contributed by atoms with van der Waals surface area (Å²) in [4.78, 5) is 4.57. The van der Waals surface area contributed by atoms with Crippen LogP contribution in [-0.4, -0.2) is 19.1 Å². The average Bonchev–Trinajstić information content (AvgIpc) is 2.47. The van der Waals surface area contributed by atoms with Crippen molar-refractivity contribution in [2.75, 3.05) is 14.2 Å². The third kappa shape index (κ3) is 3.55. The Morgan fingerprint density at radius 2 is 2.10 bits per heavy atom. The molecule has 1 heterocycles. The molecule has 0 radical (unpaired) electrons. The number of rotatable bonds is 5. The lowest BCUT2D eigenvalue weighted by molar-refractivity contribution is 0.406. The van der Waals surface area contributed by atoms with Gasteiger partial charge in [0.2, 0.25) is 0 Å². The highest BCUT2D eigenvalue weighted by atomic mass is 35.5. The molecule has 0 aliphatic heterocycles. The van der Waals surface area contributed by atoms with Gasteiger partial charge in [-0.3, -0.25) is 4.98 Å². The lowest BCUT2D eigenvalue weighted by atomic mass is 9.99. The number of hydrogen-bond acceptors (Lipinski definition) is 3. The van der Waals surface area contributed by atoms with Crippen molar-refractivity contribution in [3.05, 3.63) is 57.9 Å². The van der Waals surface area contributed by atoms with Crippen LogP contribution in [0.1, 0.15) is 28.4 Å². The molecule has 2 rings (SSSR count). The van der Waals surface area contributed by atoms with E-state index in [1.165, 1.54) is 0 Å². The molecule has 1 aromatic heterocycles. The molecular formula is C17H21ClN2O. The number of likely N-dealkylation sites (N-methyl/N-ethyl adjacent to an activating group) is 1. The standard InChI is InChI=1S/C17H21ClN2O/c1-11-10-20-15(12(2)17(11)21-4)9-16(19-3)13-6-5-7-14(18)8-13/h5-8,10,16,19H,9H2,1-4H3. The highest BCUT2D eigenvalue weighted by Crippen LogP contribution is 2.27. The SMILES string of the molecule is CNC(Cc1ncc(C)c(OC)c1C)c1cccc(Cl)c1. The number of benzene rings is 1. The topological polar surface area (TPSA) is 34.2 Å². The monoisotopic (exact) mass is 304 g/mol. The first-order valence-corrected chi connectivity index (χ1v) is 7.36. The van der Waals surface area contributed by atoms with E-state index in [1.807, 2.05) is 38.4 Å². The summed E-state index contributed by atoms with van der Waals surface area (Å²) in [6.45, 7) is 4.06. The van der Waals surface area contributed by atoms with Crippen molar-refractivity contribution in [1.29, 1.82) is 0 Å². The number of nitrogens with one attached hydrogen (secondary N) is 1. The number of hydrogen-bond donors (Lipinski definition) is 1. The lowest BCUT2D eigenvalue weighted by Gasteiger charge is -2.19. The Labute approximate surface area is 131 Å². The molecule has 0 fully saturated rings. The van der Waals surface area contributed by atoms with E-state index in [4.69, 9.17) is 16.3 Å². The molecule has 0 bridgehead atoms. The number of methoxy groups -OCH3 is 1. The zero-order valence-electron chi connectivity index (χ0n) is 12.9. The summed E-state index contributed by atoms with van der Waals surface area (Å²) in [5.74, 6) is 0.918. The summed E-state index contributed by atoms with van der Waals surface area (Å²) in [6.07, 6.45) is 2.66. The molecule has 0 aliphatic carbocycles. The zero-order valence-corrected chi connectivity index (χ0v) is 13.7. The van der Waals surface area contributed by atoms with E-state index in [-0.39, 0.29) is 6.04 Å². The maximum Gasteiger partial charge on any atom is 0.128 e. The first kappa shape index (κ1) is 15.8. The summed E-state index contributed by atoms with van der Waals surface area (Å²) in [5.41, 5.74) is 4.35. The van der Waals surface area contributed by atoms with Crippen LogP contribution in [0.2, 0.25) is 5.02 Å². The fraction of sp³-hybridized carbons (Fsp3) is 0.353. The summed E-state index contributed by atoms with van der Waals surface area (Å²) in [5, 5.41) is 4.08. The Balaban J connectivity index is 2.31. The molecule has 112 valence electrons. The Morgan fingerprint density at radius 3 is 2.71 bits per heavy atom. The minimum Gasteiger partial charge on any atom is -0.496 e. The largest absolute Gasteiger partial charge is 0.496 e. The van der Waals surface area contributed by atoms with Crippen molar-refractivity contribution >= 4 is 11.6 Å². The van der Waals surface area contributed by atoms with Crippen molar-refractivity contribution in [3.8, 4) is 5.75 Å². The van der Waals surface area contributed by atoms with Gasteiger partial charge in [0.1, 0.15) is 5.75 Å². The van der Waals surface area contributed by atoms with Crippen LogP contribution < -0.4 is 10.1 Å². The second-order valence-electron chi connectivity index (χ2n) is 5.15. The van der Waals surface area contributed by atoms with Gasteiger partial charge in [-0.15, -0.1) is 0 Å². The lowest BCUT2D eigenvalue weighted by Crippen LogP contribution is -2.20. The van der Waals surface area contributed by atoms with Crippen LogP contribution >= 0.6 is 11.6 Å². The number of ether oxygens (including phenoxy) is 1. The van der Waals surface area contributed by atoms with Gasteiger partial charge in [-0.1, -0.05) is 23.7 Å². The molecule has 0 amide bonds. The Kier molecular flexibility index (Phi) is 5.21. The van der Waals surface area contributed by atoms with Crippen LogP contribution in [0.3, 0.4) is 0 Å². The Bertz CT molecular complexity index is 628. The first-order chi connectivity index (χ1) is 10.1. The summed E-state index contributed by atoms with van der Waals surface area (Å²) >= 11 is 6.09. The number of halogens is 1. The van der Waals surface area contributed by atoms with Gasteiger partial charge in [-0.25, -0.2) is 0 Å². The highest BCUT2D eigenvalue weighted by molar-refractivity contribution is 6.30. The number of aromatic nitrogens is 1. The van der Waals surface area contributed by atoms with Gasteiger partial charge in [-0.05, 0) is 38.6 Å². The summed E-state index contributed by atoms with van der Waals surface area (Å²) in [7, 11) is 3.65. The molecule has 1 aromatic carbocycles. The molecular weight excluding hydrogens is 284 g/mol. The number of aryl methyl sites for hydroxylation is 1. The molecule has 0 spiro atoms. The summed E-state index contributed by atoms with van der Waals surface area (Å²) in [6, 6.07) is 8.09. The van der Waals surface area contributed by atoms with Gasteiger partial charge < -0.3 is 10.1 Å². The van der Waals surface area contributed by atoms with Crippen molar-refractivity contribution < 1.29 is 4.74 Å². The van der Waals surface area contributed by atoms with Crippen LogP contribution in [0.15, 0.2) is 30.5 Å². The molecule has 1 atom stereocenters. The molecule has 3 nitrogen and oxygen atoms in total. The quantitative estimate of drug-likeness (QED) is 0.910. The van der Waals surface area contributed by atoms with Crippen LogP contribution in [0.25, 0.3) is 0 Å². The molecule has 2 aromatic rings. The maximum absolute atomic E-state index is 6.09. The van der Waals surface area contributed by atoms with Crippen molar-refractivity contribution in [2.24, 2.45) is 0 Å². The Morgan fingerprint density at radius 1 is 1.33 bits per heavy atom. The van der Waals surface area contributed by atoms with Crippen LogP contribution in [0, 0.1) is 13.8 Å². The maximum atomic E-state index is 6.09. The van der Waals surface area contributed by atoms with Crippen molar-refractivity contribution in [2.45, 2.75) is 26.3 Å². The van der Waals surface area contributed by atoms with E-state index >= 15 is 0 Å². The zero-order chi connectivity index (χ0) is 15.4. The van der Waals surface area contributed by atoms with E-state index in [0.29, 0.717) is 0 Å². The van der Waals surface area contributed by atoms with Gasteiger partial charge in [0.15, 0.2) is 0 Å². The number of pyridine rings is 1. The van der Waals surface area contributed by atoms with Gasteiger partial charge in [-0.2, -0.15) is 0 Å². The molecule has 1 N–H and O–H groups in total. The highest BCUT2D eigenvalue weighted by Gasteiger charge is 2.16. The Hall–Kier alpha value is -1.58. The van der Waals surface area contributed by atoms with E-state index in [9.17, 15) is 0 Å². The van der Waals surface area contributed by atoms with Gasteiger partial charge >= 0.3 is 0 Å². The van der Waals surface area contributed by atoms with E-state index < -0.39 is 0 Å². The molecule has 0 saturated carbocycles. The van der Waals surface area contributed by atoms with Crippen LogP contribution in [0.5, 0.6) is 5.75 Å². The van der Waals surface area contributed by atoms with E-state index in [1.54, 1.807) is 7.11 Å². The smallest absolute Gasteiger partial charge is 0.128 e. The van der Waals surface area contributed by atoms with Gasteiger partial charge in [0.05, 0.1) is 7.11 Å². The predicted octanol–water partition coefficient (Wildman–Crippen LogP) is 3.86. The fourth-order valence-electron chi connectivity index (χ4n) is 2.58. The molecule has 0 saturated heterocycles. The average molecular weight is 305 g/mol. The predicted molar refractivity (Wildman–Crippen MR) is 87.2 cm³/mol. The second kappa shape index (κ2) is 6.92. The minimum atomic E-state index is 0.169. The van der Waals surface area contributed by atoms with Gasteiger partial charge in [0.25, 0.3) is 0 Å². The van der Waals surface area contributed by atoms with Crippen LogP contribution in [-0.2, 0) is 6.42 Å². The third-order valence-electron chi connectivity index (χ3n) is 3.75. The van der Waals surface area contributed by atoms with Crippen LogP contribution in [0.4, 0.5) is 0 Å². The fourth-order valence-corrected chi connectivity index (χ4v) is 2.78. The molecule has 1 unspecified atom stereocenters. The second-order valence-corrected chi connectivity index (χ2v) is 5.58. The first-order valence-electron chi connectivity index (χ1n) is 6.98. The normalized spacial score (nSPS) is 12.2. The van der Waals surface area contributed by atoms with Gasteiger partial charge in [0, 0.05) is 40.5 Å². The number of nitrogens with zero attached hydrogens (tertiary/aromatic N) is 1. The third-order valence-corrected chi connectivity index (χ3v) is 3.98.